The summed E-state index contributed by atoms with van der Waals surface area (Å²) in [5.41, 5.74) is 1.42. The van der Waals surface area contributed by atoms with Crippen LogP contribution >= 0.6 is 11.3 Å². The number of nitrogens with one attached hydrogen (secondary N) is 1. The lowest BCUT2D eigenvalue weighted by Gasteiger charge is -2.30. The van der Waals surface area contributed by atoms with Crippen LogP contribution < -0.4 is 10.1 Å². The van der Waals surface area contributed by atoms with Crippen molar-refractivity contribution >= 4 is 33.1 Å². The Morgan fingerprint density at radius 3 is 2.86 bits per heavy atom. The lowest BCUT2D eigenvalue weighted by atomic mass is 9.97. The molecule has 0 bridgehead atoms. The van der Waals surface area contributed by atoms with E-state index in [9.17, 15) is 9.18 Å². The fourth-order valence-corrected chi connectivity index (χ4v) is 4.69. The van der Waals surface area contributed by atoms with Crippen LogP contribution in [0.1, 0.15) is 23.8 Å². The Balaban J connectivity index is 1.33. The van der Waals surface area contributed by atoms with E-state index in [-0.39, 0.29) is 11.7 Å². The summed E-state index contributed by atoms with van der Waals surface area (Å²) >= 11 is 1.64. The van der Waals surface area contributed by atoms with Crippen molar-refractivity contribution in [2.45, 2.75) is 18.8 Å². The molecule has 0 saturated carbocycles. The molecule has 0 atom stereocenters. The quantitative estimate of drug-likeness (QED) is 0.696. The Kier molecular flexibility index (Phi) is 5.54. The Morgan fingerprint density at radius 1 is 1.29 bits per heavy atom. The van der Waals surface area contributed by atoms with E-state index in [1.165, 1.54) is 12.1 Å². The number of para-hydroxylation sites is 2. The summed E-state index contributed by atoms with van der Waals surface area (Å²) in [6.07, 6.45) is 1.90. The molecule has 1 aliphatic heterocycles. The smallest absolute Gasteiger partial charge is 0.238 e. The van der Waals surface area contributed by atoms with Gasteiger partial charge in [-0.2, -0.15) is 0 Å². The first-order chi connectivity index (χ1) is 13.6. The van der Waals surface area contributed by atoms with Gasteiger partial charge in [-0.25, -0.2) is 9.37 Å². The monoisotopic (exact) mass is 399 g/mol. The summed E-state index contributed by atoms with van der Waals surface area (Å²) in [4.78, 5) is 19.2. The van der Waals surface area contributed by atoms with Crippen molar-refractivity contribution in [1.82, 2.24) is 9.88 Å². The zero-order valence-corrected chi connectivity index (χ0v) is 16.5. The highest BCUT2D eigenvalue weighted by Crippen LogP contribution is 2.34. The first-order valence-corrected chi connectivity index (χ1v) is 10.2. The maximum atomic E-state index is 13.4. The number of amides is 1. The first-order valence-electron chi connectivity index (χ1n) is 9.33. The van der Waals surface area contributed by atoms with Crippen molar-refractivity contribution in [2.75, 3.05) is 32.1 Å². The van der Waals surface area contributed by atoms with Crippen LogP contribution in [0.4, 0.5) is 10.1 Å². The molecule has 1 N–H and O–H groups in total. The summed E-state index contributed by atoms with van der Waals surface area (Å²) in [7, 11) is 1.59. The largest absolute Gasteiger partial charge is 0.495 e. The number of hydrogen-bond donors (Lipinski definition) is 1. The Hall–Kier alpha value is -2.51. The standard InChI is InChI=1S/C21H22FN3O2S/c1-27-18-5-3-2-4-16(18)23-20(26)13-25-10-8-14(9-11-25)21-24-17-12-15(22)6-7-19(17)28-21/h2-7,12,14H,8-11,13H2,1H3,(H,23,26). The van der Waals surface area contributed by atoms with Crippen molar-refractivity contribution in [3.8, 4) is 5.75 Å². The molecule has 1 amide bonds. The zero-order chi connectivity index (χ0) is 19.5. The summed E-state index contributed by atoms with van der Waals surface area (Å²) in [5.74, 6) is 0.731. The van der Waals surface area contributed by atoms with E-state index in [4.69, 9.17) is 4.74 Å². The Morgan fingerprint density at radius 2 is 2.07 bits per heavy atom. The molecule has 1 saturated heterocycles. The Labute approximate surface area is 167 Å². The number of ether oxygens (including phenoxy) is 1. The second-order valence-electron chi connectivity index (χ2n) is 6.96. The van der Waals surface area contributed by atoms with Crippen LogP contribution in [0.2, 0.25) is 0 Å². The topological polar surface area (TPSA) is 54.5 Å². The number of nitrogens with zero attached hydrogens (tertiary/aromatic N) is 2. The zero-order valence-electron chi connectivity index (χ0n) is 15.7. The summed E-state index contributed by atoms with van der Waals surface area (Å²) in [6, 6.07) is 12.2. The number of thiazole rings is 1. The lowest BCUT2D eigenvalue weighted by Crippen LogP contribution is -2.38. The van der Waals surface area contributed by atoms with Gasteiger partial charge in [-0.3, -0.25) is 9.69 Å². The number of rotatable bonds is 5. The van der Waals surface area contributed by atoms with Gasteiger partial charge in [-0.05, 0) is 50.2 Å². The van der Waals surface area contributed by atoms with Crippen LogP contribution in [0.5, 0.6) is 5.75 Å². The number of aromatic nitrogens is 1. The number of carbonyl (C=O) groups excluding carboxylic acids is 1. The van der Waals surface area contributed by atoms with E-state index in [1.807, 2.05) is 24.3 Å². The van der Waals surface area contributed by atoms with Gasteiger partial charge in [0.05, 0.1) is 34.6 Å². The third-order valence-corrected chi connectivity index (χ3v) is 6.25. The maximum Gasteiger partial charge on any atom is 0.238 e. The number of carbonyl (C=O) groups is 1. The number of anilines is 1. The fourth-order valence-electron chi connectivity index (χ4n) is 3.57. The van der Waals surface area contributed by atoms with Gasteiger partial charge in [0, 0.05) is 12.0 Å². The van der Waals surface area contributed by atoms with Crippen LogP contribution in [-0.4, -0.2) is 42.5 Å². The van der Waals surface area contributed by atoms with Crippen LogP contribution in [0.25, 0.3) is 10.2 Å². The predicted molar refractivity (Wildman–Crippen MR) is 110 cm³/mol. The van der Waals surface area contributed by atoms with Gasteiger partial charge in [0.15, 0.2) is 0 Å². The average molecular weight is 399 g/mol. The molecule has 1 fully saturated rings. The number of halogens is 1. The third-order valence-electron chi connectivity index (χ3n) is 5.05. The minimum atomic E-state index is -0.250. The number of benzene rings is 2. The minimum absolute atomic E-state index is 0.0431. The van der Waals surface area contributed by atoms with E-state index in [1.54, 1.807) is 24.5 Å². The van der Waals surface area contributed by atoms with Crippen molar-refractivity contribution in [3.05, 3.63) is 53.3 Å². The van der Waals surface area contributed by atoms with Gasteiger partial charge in [0.25, 0.3) is 0 Å². The van der Waals surface area contributed by atoms with Crippen LogP contribution in [0.3, 0.4) is 0 Å². The molecule has 1 aliphatic rings. The molecule has 3 aromatic rings. The number of methoxy groups -OCH3 is 1. The highest BCUT2D eigenvalue weighted by molar-refractivity contribution is 7.18. The van der Waals surface area contributed by atoms with Crippen LogP contribution in [-0.2, 0) is 4.79 Å². The van der Waals surface area contributed by atoms with Crippen LogP contribution in [0, 0.1) is 5.82 Å². The minimum Gasteiger partial charge on any atom is -0.495 e. The van der Waals surface area contributed by atoms with Gasteiger partial charge < -0.3 is 10.1 Å². The molecule has 28 heavy (non-hydrogen) atoms. The molecule has 0 unspecified atom stereocenters. The number of fused-ring (bicyclic) bond motifs is 1. The molecule has 2 aromatic carbocycles. The molecule has 4 rings (SSSR count). The van der Waals surface area contributed by atoms with E-state index >= 15 is 0 Å². The van der Waals surface area contributed by atoms with E-state index in [2.05, 4.69) is 15.2 Å². The van der Waals surface area contributed by atoms with Gasteiger partial charge in [0.2, 0.25) is 5.91 Å². The normalized spacial score (nSPS) is 15.6. The van der Waals surface area contributed by atoms with E-state index in [0.29, 0.717) is 23.9 Å². The van der Waals surface area contributed by atoms with Crippen molar-refractivity contribution in [3.63, 3.8) is 0 Å². The molecule has 2 heterocycles. The second-order valence-corrected chi connectivity index (χ2v) is 8.03. The third kappa shape index (κ3) is 4.15. The average Bonchev–Trinajstić information content (AvgIpc) is 3.12. The molecule has 0 aliphatic carbocycles. The maximum absolute atomic E-state index is 13.4. The van der Waals surface area contributed by atoms with Crippen LogP contribution in [0.15, 0.2) is 42.5 Å². The summed E-state index contributed by atoms with van der Waals surface area (Å²) in [6.45, 7) is 2.04. The second kappa shape index (κ2) is 8.24. The molecule has 0 spiro atoms. The number of hydrogen-bond acceptors (Lipinski definition) is 5. The van der Waals surface area contributed by atoms with Crippen molar-refractivity contribution in [1.29, 1.82) is 0 Å². The lowest BCUT2D eigenvalue weighted by molar-refractivity contribution is -0.117. The molecule has 5 nitrogen and oxygen atoms in total. The van der Waals surface area contributed by atoms with Gasteiger partial charge in [-0.15, -0.1) is 11.3 Å². The van der Waals surface area contributed by atoms with Gasteiger partial charge in [-0.1, -0.05) is 12.1 Å². The highest BCUT2D eigenvalue weighted by Gasteiger charge is 2.24. The first kappa shape index (κ1) is 18.8. The summed E-state index contributed by atoms with van der Waals surface area (Å²) < 4.78 is 19.7. The van der Waals surface area contributed by atoms with E-state index < -0.39 is 0 Å². The molecule has 146 valence electrons. The fraction of sp³-hybridized carbons (Fsp3) is 0.333. The van der Waals surface area contributed by atoms with Crippen molar-refractivity contribution in [2.24, 2.45) is 0 Å². The SMILES string of the molecule is COc1ccccc1NC(=O)CN1CCC(c2nc3cc(F)ccc3s2)CC1. The van der Waals surface area contributed by atoms with E-state index in [0.717, 1.165) is 41.2 Å². The van der Waals surface area contributed by atoms with Gasteiger partial charge >= 0.3 is 0 Å². The number of piperidine rings is 1. The molecular weight excluding hydrogens is 377 g/mol. The molecular formula is C21H22FN3O2S. The molecule has 1 aromatic heterocycles. The molecule has 7 heteroatoms. The number of likely N-dealkylation sites (tertiary alicyclic amines) is 1. The predicted octanol–water partition coefficient (Wildman–Crippen LogP) is 4.26. The van der Waals surface area contributed by atoms with Crippen molar-refractivity contribution < 1.29 is 13.9 Å². The molecule has 0 radical (unpaired) electrons. The van der Waals surface area contributed by atoms with Gasteiger partial charge in [0.1, 0.15) is 11.6 Å². The summed E-state index contributed by atoms with van der Waals surface area (Å²) in [5, 5.41) is 3.99. The Bertz CT molecular complexity index is 983. The highest BCUT2D eigenvalue weighted by atomic mass is 32.1.